The van der Waals surface area contributed by atoms with Gasteiger partial charge < -0.3 is 24.6 Å². The molecule has 2 aliphatic rings. The van der Waals surface area contributed by atoms with Crippen LogP contribution in [0, 0.1) is 11.6 Å². The van der Waals surface area contributed by atoms with Crippen molar-refractivity contribution >= 4 is 11.8 Å². The molecule has 2 N–H and O–H groups in total. The van der Waals surface area contributed by atoms with Gasteiger partial charge in [-0.15, -0.1) is 0 Å². The smallest absolute Gasteiger partial charge is 0.276 e. The van der Waals surface area contributed by atoms with Crippen molar-refractivity contribution in [1.29, 1.82) is 0 Å². The van der Waals surface area contributed by atoms with Crippen LogP contribution in [0.4, 0.5) is 8.78 Å². The number of hydrogen-bond donors (Lipinski definition) is 2. The van der Waals surface area contributed by atoms with Crippen LogP contribution in [-0.2, 0) is 24.2 Å². The van der Waals surface area contributed by atoms with E-state index in [4.69, 9.17) is 4.74 Å². The molecule has 0 aliphatic carbocycles. The zero-order valence-corrected chi connectivity index (χ0v) is 18.4. The van der Waals surface area contributed by atoms with Gasteiger partial charge in [-0.25, -0.2) is 8.78 Å². The fraction of sp³-hybridized carbons (Fsp3) is 0.240. The average Bonchev–Trinajstić information content (AvgIpc) is 3.23. The summed E-state index contributed by atoms with van der Waals surface area (Å²) in [5.74, 6) is -3.86. The Hall–Kier alpha value is -4.05. The third-order valence-corrected chi connectivity index (χ3v) is 6.24. The molecule has 1 saturated heterocycles. The van der Waals surface area contributed by atoms with Crippen molar-refractivity contribution in [2.24, 2.45) is 0 Å². The van der Waals surface area contributed by atoms with Gasteiger partial charge in [-0.3, -0.25) is 14.4 Å². The van der Waals surface area contributed by atoms with Gasteiger partial charge in [0, 0.05) is 24.4 Å². The highest BCUT2D eigenvalue weighted by molar-refractivity contribution is 5.99. The molecule has 0 saturated carbocycles. The first kappa shape index (κ1) is 22.7. The third kappa shape index (κ3) is 4.17. The second kappa shape index (κ2) is 8.95. The van der Waals surface area contributed by atoms with Gasteiger partial charge in [-0.2, -0.15) is 0 Å². The number of nitrogens with zero attached hydrogens (tertiary/aromatic N) is 2. The molecule has 2 aromatic carbocycles. The molecular formula is C25H21F2N3O5. The van der Waals surface area contributed by atoms with Crippen LogP contribution in [0.5, 0.6) is 5.75 Å². The number of benzene rings is 2. The monoisotopic (exact) mass is 481 g/mol. The minimum absolute atomic E-state index is 0.0247. The van der Waals surface area contributed by atoms with Gasteiger partial charge in [0.15, 0.2) is 17.7 Å². The molecule has 3 aromatic rings. The van der Waals surface area contributed by atoms with Crippen LogP contribution in [0.3, 0.4) is 0 Å². The van der Waals surface area contributed by atoms with E-state index in [0.29, 0.717) is 19.1 Å². The Balaban J connectivity index is 1.39. The van der Waals surface area contributed by atoms with Crippen LogP contribution in [0.1, 0.15) is 32.0 Å². The van der Waals surface area contributed by atoms with Gasteiger partial charge in [-0.05, 0) is 18.1 Å². The second-order valence-electron chi connectivity index (χ2n) is 8.48. The molecule has 2 atom stereocenters. The summed E-state index contributed by atoms with van der Waals surface area (Å²) in [4.78, 5) is 40.2. The van der Waals surface area contributed by atoms with Gasteiger partial charge in [0.2, 0.25) is 5.43 Å². The highest BCUT2D eigenvalue weighted by atomic mass is 19.1. The lowest BCUT2D eigenvalue weighted by Crippen LogP contribution is -2.50. The van der Waals surface area contributed by atoms with Crippen molar-refractivity contribution < 1.29 is 28.2 Å². The van der Waals surface area contributed by atoms with Crippen LogP contribution >= 0.6 is 0 Å². The Morgan fingerprint density at radius 3 is 2.66 bits per heavy atom. The number of halogens is 2. The molecular weight excluding hydrogens is 460 g/mol. The lowest BCUT2D eigenvalue weighted by atomic mass is 10.0. The number of fused-ring (bicyclic) bond motifs is 2. The van der Waals surface area contributed by atoms with Crippen LogP contribution < -0.4 is 10.7 Å². The summed E-state index contributed by atoms with van der Waals surface area (Å²) in [6, 6.07) is 12.2. The van der Waals surface area contributed by atoms with Gasteiger partial charge in [0.25, 0.3) is 11.8 Å². The van der Waals surface area contributed by atoms with Crippen molar-refractivity contribution in [3.8, 4) is 5.75 Å². The van der Waals surface area contributed by atoms with E-state index in [2.05, 4.69) is 5.32 Å². The summed E-state index contributed by atoms with van der Waals surface area (Å²) in [6.45, 7) is 0.112. The summed E-state index contributed by atoms with van der Waals surface area (Å²) in [5, 5.41) is 13.0. The zero-order chi connectivity index (χ0) is 24.7. The van der Waals surface area contributed by atoms with E-state index in [0.717, 1.165) is 11.6 Å². The largest absolute Gasteiger partial charge is 0.503 e. The maximum Gasteiger partial charge on any atom is 0.276 e. The molecule has 2 amide bonds. The molecule has 180 valence electrons. The van der Waals surface area contributed by atoms with Crippen LogP contribution in [-0.4, -0.2) is 45.3 Å². The van der Waals surface area contributed by atoms with Gasteiger partial charge in [0.1, 0.15) is 17.2 Å². The summed E-state index contributed by atoms with van der Waals surface area (Å²) in [6.07, 6.45) is 1.13. The standard InChI is InChI=1S/C25H21F2N3O5/c26-16-7-6-15(19(27)9-16)10-28-24(33)18-11-29-12-20-30(25(34)21(29)23(32)22(18)31)17(13-35-20)8-14-4-2-1-3-5-14/h1-7,9,11,17,20,32H,8,10,12-13H2,(H,28,33)/t17-,20-/m1/s1. The number of rotatable bonds is 5. The topological polar surface area (TPSA) is 101 Å². The van der Waals surface area contributed by atoms with Crippen LogP contribution in [0.15, 0.2) is 59.5 Å². The number of carbonyl (C=O) groups is 2. The molecule has 2 aliphatic heterocycles. The molecule has 5 rings (SSSR count). The Bertz CT molecular complexity index is 1380. The first-order valence-electron chi connectivity index (χ1n) is 11.0. The summed E-state index contributed by atoms with van der Waals surface area (Å²) >= 11 is 0. The number of ether oxygens (including phenoxy) is 1. The molecule has 0 unspecified atom stereocenters. The molecule has 3 heterocycles. The van der Waals surface area contributed by atoms with E-state index in [1.54, 1.807) is 0 Å². The van der Waals surface area contributed by atoms with Gasteiger partial charge in [0.05, 0.1) is 19.2 Å². The number of carbonyl (C=O) groups excluding carboxylic acids is 2. The molecule has 10 heteroatoms. The maximum absolute atomic E-state index is 13.9. The lowest BCUT2D eigenvalue weighted by Gasteiger charge is -2.34. The van der Waals surface area contributed by atoms with E-state index in [9.17, 15) is 28.3 Å². The predicted octanol–water partition coefficient (Wildman–Crippen LogP) is 2.19. The minimum atomic E-state index is -1.01. The van der Waals surface area contributed by atoms with Crippen molar-refractivity contribution in [1.82, 2.24) is 14.8 Å². The number of nitrogens with one attached hydrogen (secondary N) is 1. The van der Waals surface area contributed by atoms with E-state index in [1.165, 1.54) is 21.7 Å². The van der Waals surface area contributed by atoms with E-state index in [-0.39, 0.29) is 30.4 Å². The molecule has 0 spiro atoms. The Morgan fingerprint density at radius 2 is 1.91 bits per heavy atom. The van der Waals surface area contributed by atoms with Crippen molar-refractivity contribution in [3.63, 3.8) is 0 Å². The molecule has 35 heavy (non-hydrogen) atoms. The number of aromatic hydroxyl groups is 1. The highest BCUT2D eigenvalue weighted by Crippen LogP contribution is 2.31. The Kier molecular flexibility index (Phi) is 5.81. The second-order valence-corrected chi connectivity index (χ2v) is 8.48. The van der Waals surface area contributed by atoms with Crippen molar-refractivity contribution in [2.75, 3.05) is 6.61 Å². The molecule has 1 fully saturated rings. The molecule has 8 nitrogen and oxygen atoms in total. The Labute approximate surface area is 198 Å². The number of aromatic nitrogens is 1. The number of hydrogen-bond acceptors (Lipinski definition) is 5. The van der Waals surface area contributed by atoms with Crippen molar-refractivity contribution in [2.45, 2.75) is 31.8 Å². The fourth-order valence-corrected chi connectivity index (χ4v) is 4.50. The van der Waals surface area contributed by atoms with E-state index in [1.807, 2.05) is 30.3 Å². The van der Waals surface area contributed by atoms with Crippen molar-refractivity contribution in [3.05, 3.63) is 99.0 Å². The average molecular weight is 481 g/mol. The first-order valence-corrected chi connectivity index (χ1v) is 11.0. The maximum atomic E-state index is 13.9. The van der Waals surface area contributed by atoms with Crippen LogP contribution in [0.2, 0.25) is 0 Å². The summed E-state index contributed by atoms with van der Waals surface area (Å²) in [7, 11) is 0. The number of amides is 2. The normalized spacial score (nSPS) is 18.8. The highest BCUT2D eigenvalue weighted by Gasteiger charge is 2.44. The third-order valence-electron chi connectivity index (χ3n) is 6.24. The Morgan fingerprint density at radius 1 is 1.14 bits per heavy atom. The SMILES string of the molecule is O=C(NCc1ccc(F)cc1F)c1cn2c(c(O)c1=O)C(=O)N1[C@H](Cc3ccccc3)CO[C@@H]1C2. The predicted molar refractivity (Wildman–Crippen MR) is 120 cm³/mol. The summed E-state index contributed by atoms with van der Waals surface area (Å²) in [5.41, 5.74) is -0.590. The lowest BCUT2D eigenvalue weighted by molar-refractivity contribution is 0.00575. The van der Waals surface area contributed by atoms with Crippen LogP contribution in [0.25, 0.3) is 0 Å². The van der Waals surface area contributed by atoms with E-state index < -0.39 is 46.4 Å². The fourth-order valence-electron chi connectivity index (χ4n) is 4.50. The van der Waals surface area contributed by atoms with Gasteiger partial charge >= 0.3 is 0 Å². The minimum Gasteiger partial charge on any atom is -0.503 e. The molecule has 0 bridgehead atoms. The van der Waals surface area contributed by atoms with E-state index >= 15 is 0 Å². The number of pyridine rings is 1. The first-order chi connectivity index (χ1) is 16.8. The summed E-state index contributed by atoms with van der Waals surface area (Å²) < 4.78 is 34.1. The zero-order valence-electron chi connectivity index (χ0n) is 18.4. The quantitative estimate of drug-likeness (QED) is 0.582. The molecule has 1 aromatic heterocycles. The molecule has 0 radical (unpaired) electrons. The van der Waals surface area contributed by atoms with Gasteiger partial charge in [-0.1, -0.05) is 36.4 Å².